The lowest BCUT2D eigenvalue weighted by Crippen LogP contribution is -2.43. The SMILES string of the molecule is CNC1CCN(S(=O)(=O)c2c(C)sc3ccc(Cl)cc23)CC1. The molecule has 0 amide bonds. The van der Waals surface area contributed by atoms with Crippen molar-refractivity contribution in [2.45, 2.75) is 30.7 Å². The first kappa shape index (κ1) is 16.2. The van der Waals surface area contributed by atoms with Crippen LogP contribution in [0.5, 0.6) is 0 Å². The third kappa shape index (κ3) is 2.78. The molecule has 2 heterocycles. The lowest BCUT2D eigenvalue weighted by Gasteiger charge is -2.31. The van der Waals surface area contributed by atoms with Gasteiger partial charge in [0.1, 0.15) is 4.90 Å². The molecule has 0 bridgehead atoms. The zero-order chi connectivity index (χ0) is 15.9. The van der Waals surface area contributed by atoms with Crippen LogP contribution in [0.3, 0.4) is 0 Å². The number of rotatable bonds is 3. The Morgan fingerprint density at radius 2 is 2.00 bits per heavy atom. The molecule has 7 heteroatoms. The highest BCUT2D eigenvalue weighted by Crippen LogP contribution is 2.37. The molecule has 0 unspecified atom stereocenters. The van der Waals surface area contributed by atoms with Gasteiger partial charge in [0, 0.05) is 39.1 Å². The number of sulfonamides is 1. The molecule has 0 radical (unpaired) electrons. The summed E-state index contributed by atoms with van der Waals surface area (Å²) in [5.41, 5.74) is 0. The summed E-state index contributed by atoms with van der Waals surface area (Å²) in [7, 11) is -1.54. The summed E-state index contributed by atoms with van der Waals surface area (Å²) >= 11 is 7.57. The number of halogens is 1. The Morgan fingerprint density at radius 3 is 2.64 bits per heavy atom. The Kier molecular flexibility index (Phi) is 4.49. The molecule has 4 nitrogen and oxygen atoms in total. The third-order valence-corrected chi connectivity index (χ3v) is 7.77. The van der Waals surface area contributed by atoms with E-state index in [1.807, 2.05) is 20.0 Å². The van der Waals surface area contributed by atoms with Crippen LogP contribution in [0.15, 0.2) is 23.1 Å². The van der Waals surface area contributed by atoms with Crippen molar-refractivity contribution in [3.63, 3.8) is 0 Å². The topological polar surface area (TPSA) is 49.4 Å². The van der Waals surface area contributed by atoms with Crippen LogP contribution in [0.1, 0.15) is 17.7 Å². The number of aryl methyl sites for hydroxylation is 1. The van der Waals surface area contributed by atoms with Gasteiger partial charge in [-0.05, 0) is 45.0 Å². The summed E-state index contributed by atoms with van der Waals surface area (Å²) in [5.74, 6) is 0. The molecule has 1 aliphatic rings. The second-order valence-corrected chi connectivity index (χ2v) is 9.16. The largest absolute Gasteiger partial charge is 0.317 e. The lowest BCUT2D eigenvalue weighted by atomic mass is 10.1. The van der Waals surface area contributed by atoms with Crippen LogP contribution in [0.25, 0.3) is 10.1 Å². The van der Waals surface area contributed by atoms with E-state index in [0.717, 1.165) is 27.8 Å². The van der Waals surface area contributed by atoms with E-state index in [4.69, 9.17) is 11.6 Å². The van der Waals surface area contributed by atoms with Gasteiger partial charge in [0.25, 0.3) is 0 Å². The van der Waals surface area contributed by atoms with E-state index in [1.165, 1.54) is 11.3 Å². The zero-order valence-corrected chi connectivity index (χ0v) is 15.0. The Bertz CT molecular complexity index is 793. The van der Waals surface area contributed by atoms with Gasteiger partial charge in [-0.25, -0.2) is 8.42 Å². The molecule has 1 N–H and O–H groups in total. The van der Waals surface area contributed by atoms with E-state index in [9.17, 15) is 8.42 Å². The number of hydrogen-bond donors (Lipinski definition) is 1. The minimum absolute atomic E-state index is 0.404. The summed E-state index contributed by atoms with van der Waals surface area (Å²) in [6.07, 6.45) is 1.69. The number of hydrogen-bond acceptors (Lipinski definition) is 4. The van der Waals surface area contributed by atoms with Crippen LogP contribution in [0, 0.1) is 6.92 Å². The van der Waals surface area contributed by atoms with Crippen molar-refractivity contribution in [3.8, 4) is 0 Å². The Labute approximate surface area is 140 Å². The minimum Gasteiger partial charge on any atom is -0.317 e. The van der Waals surface area contributed by atoms with Crippen LogP contribution < -0.4 is 5.32 Å². The van der Waals surface area contributed by atoms with E-state index in [2.05, 4.69) is 5.32 Å². The molecule has 22 heavy (non-hydrogen) atoms. The van der Waals surface area contributed by atoms with E-state index in [-0.39, 0.29) is 0 Å². The first-order valence-corrected chi connectivity index (χ1v) is 9.93. The highest BCUT2D eigenvalue weighted by molar-refractivity contribution is 7.89. The van der Waals surface area contributed by atoms with Crippen molar-refractivity contribution in [3.05, 3.63) is 28.1 Å². The van der Waals surface area contributed by atoms with Crippen LogP contribution >= 0.6 is 22.9 Å². The predicted octanol–water partition coefficient (Wildman–Crippen LogP) is 3.24. The molecule has 0 saturated carbocycles. The van der Waals surface area contributed by atoms with E-state index < -0.39 is 10.0 Å². The fraction of sp³-hybridized carbons (Fsp3) is 0.467. The van der Waals surface area contributed by atoms with Gasteiger partial charge in [0.2, 0.25) is 10.0 Å². The van der Waals surface area contributed by atoms with Crippen LogP contribution in [-0.2, 0) is 10.0 Å². The van der Waals surface area contributed by atoms with Crippen molar-refractivity contribution in [1.82, 2.24) is 9.62 Å². The van der Waals surface area contributed by atoms with Gasteiger partial charge in [-0.15, -0.1) is 11.3 Å². The maximum Gasteiger partial charge on any atom is 0.244 e. The first-order chi connectivity index (χ1) is 10.4. The van der Waals surface area contributed by atoms with Crippen LogP contribution in [0.2, 0.25) is 5.02 Å². The predicted molar refractivity (Wildman–Crippen MR) is 92.4 cm³/mol. The molecule has 1 aromatic carbocycles. The molecule has 2 aromatic rings. The number of nitrogens with zero attached hydrogens (tertiary/aromatic N) is 1. The minimum atomic E-state index is -3.47. The first-order valence-electron chi connectivity index (χ1n) is 7.29. The van der Waals surface area contributed by atoms with Gasteiger partial charge in [0.05, 0.1) is 0 Å². The number of fused-ring (bicyclic) bond motifs is 1. The molecular weight excluding hydrogens is 340 g/mol. The summed E-state index contributed by atoms with van der Waals surface area (Å²) in [4.78, 5) is 1.26. The molecule has 1 saturated heterocycles. The smallest absolute Gasteiger partial charge is 0.244 e. The summed E-state index contributed by atoms with van der Waals surface area (Å²) < 4.78 is 28.7. The number of thiophene rings is 1. The van der Waals surface area contributed by atoms with Crippen LogP contribution in [-0.4, -0.2) is 38.9 Å². The van der Waals surface area contributed by atoms with Crippen molar-refractivity contribution in [2.75, 3.05) is 20.1 Å². The summed E-state index contributed by atoms with van der Waals surface area (Å²) in [6.45, 7) is 2.99. The van der Waals surface area contributed by atoms with E-state index in [1.54, 1.807) is 16.4 Å². The average molecular weight is 359 g/mol. The van der Waals surface area contributed by atoms with Crippen molar-refractivity contribution >= 4 is 43.0 Å². The molecule has 1 aromatic heterocycles. The zero-order valence-electron chi connectivity index (χ0n) is 12.6. The van der Waals surface area contributed by atoms with E-state index in [0.29, 0.717) is 29.0 Å². The van der Waals surface area contributed by atoms with Crippen LogP contribution in [0.4, 0.5) is 0 Å². The Hall–Kier alpha value is -0.660. The van der Waals surface area contributed by atoms with E-state index >= 15 is 0 Å². The van der Waals surface area contributed by atoms with Crippen molar-refractivity contribution in [2.24, 2.45) is 0 Å². The monoisotopic (exact) mass is 358 g/mol. The molecule has 0 aliphatic carbocycles. The number of piperidine rings is 1. The van der Waals surface area contributed by atoms with Gasteiger partial charge in [-0.3, -0.25) is 0 Å². The molecule has 3 rings (SSSR count). The average Bonchev–Trinajstić information content (AvgIpc) is 2.83. The Balaban J connectivity index is 2.03. The molecule has 0 atom stereocenters. The van der Waals surface area contributed by atoms with Gasteiger partial charge in [0.15, 0.2) is 0 Å². The van der Waals surface area contributed by atoms with Crippen molar-refractivity contribution < 1.29 is 8.42 Å². The lowest BCUT2D eigenvalue weighted by molar-refractivity contribution is 0.298. The second kappa shape index (κ2) is 6.09. The molecule has 0 spiro atoms. The number of nitrogens with one attached hydrogen (secondary N) is 1. The fourth-order valence-electron chi connectivity index (χ4n) is 3.00. The molecule has 1 aliphatic heterocycles. The Morgan fingerprint density at radius 1 is 1.32 bits per heavy atom. The van der Waals surface area contributed by atoms with Gasteiger partial charge < -0.3 is 5.32 Å². The maximum absolute atomic E-state index is 13.1. The second-order valence-electron chi connectivity index (χ2n) is 5.59. The van der Waals surface area contributed by atoms with Gasteiger partial charge >= 0.3 is 0 Å². The highest BCUT2D eigenvalue weighted by Gasteiger charge is 2.32. The molecular formula is C15H19ClN2O2S2. The molecule has 1 fully saturated rings. The number of benzene rings is 1. The van der Waals surface area contributed by atoms with Crippen molar-refractivity contribution in [1.29, 1.82) is 0 Å². The summed E-state index contributed by atoms with van der Waals surface area (Å²) in [6, 6.07) is 5.85. The standard InChI is InChI=1S/C15H19ClN2O2S2/c1-10-15(13-9-11(16)3-4-14(13)21-10)22(19,20)18-7-5-12(17-2)6-8-18/h3-4,9,12,17H,5-8H2,1-2H3. The highest BCUT2D eigenvalue weighted by atomic mass is 35.5. The third-order valence-electron chi connectivity index (χ3n) is 4.23. The maximum atomic E-state index is 13.1. The fourth-order valence-corrected chi connectivity index (χ4v) is 6.38. The molecule has 120 valence electrons. The van der Waals surface area contributed by atoms with Gasteiger partial charge in [-0.2, -0.15) is 4.31 Å². The quantitative estimate of drug-likeness (QED) is 0.916. The summed E-state index contributed by atoms with van der Waals surface area (Å²) in [5, 5.41) is 4.53. The van der Waals surface area contributed by atoms with Gasteiger partial charge in [-0.1, -0.05) is 11.6 Å². The normalized spacial score (nSPS) is 18.1.